The minimum Gasteiger partial charge on any atom is -0.481 e. The number of aliphatic carboxylic acids is 1. The van der Waals surface area contributed by atoms with Gasteiger partial charge in [-0.15, -0.1) is 0 Å². The van der Waals surface area contributed by atoms with E-state index in [0.717, 1.165) is 6.07 Å². The first-order valence-corrected chi connectivity index (χ1v) is 10.6. The molecular formula is C22H19F2NO3S2. The molecular weight excluding hydrogens is 428 g/mol. The summed E-state index contributed by atoms with van der Waals surface area (Å²) in [6.45, 7) is 0.447. The number of carboxylic acids is 1. The molecule has 0 unspecified atom stereocenters. The van der Waals surface area contributed by atoms with Crippen LogP contribution in [-0.4, -0.2) is 32.7 Å². The molecule has 3 rings (SSSR count). The predicted molar refractivity (Wildman–Crippen MR) is 118 cm³/mol. The fourth-order valence-corrected chi connectivity index (χ4v) is 4.40. The molecule has 0 saturated carbocycles. The SMILES string of the molecule is O=C(O)CCCCCN1C(=O)C(=Cc2cccc(-c3ccc(F)cc3F)c2)SC1=S. The van der Waals surface area contributed by atoms with E-state index in [9.17, 15) is 18.4 Å². The van der Waals surface area contributed by atoms with E-state index in [2.05, 4.69) is 0 Å². The Morgan fingerprint density at radius 1 is 1.13 bits per heavy atom. The summed E-state index contributed by atoms with van der Waals surface area (Å²) in [6, 6.07) is 10.4. The highest BCUT2D eigenvalue weighted by Crippen LogP contribution is 2.33. The van der Waals surface area contributed by atoms with Crippen molar-refractivity contribution >= 4 is 46.3 Å². The molecule has 2 aromatic carbocycles. The zero-order valence-electron chi connectivity index (χ0n) is 15.9. The summed E-state index contributed by atoms with van der Waals surface area (Å²) in [7, 11) is 0. The molecule has 0 bridgehead atoms. The van der Waals surface area contributed by atoms with Crippen LogP contribution in [0, 0.1) is 11.6 Å². The van der Waals surface area contributed by atoms with Gasteiger partial charge in [0, 0.05) is 24.6 Å². The molecule has 1 heterocycles. The maximum atomic E-state index is 14.1. The Balaban J connectivity index is 1.70. The largest absolute Gasteiger partial charge is 0.481 e. The molecule has 1 amide bonds. The lowest BCUT2D eigenvalue weighted by molar-refractivity contribution is -0.137. The van der Waals surface area contributed by atoms with Gasteiger partial charge in [-0.25, -0.2) is 8.78 Å². The lowest BCUT2D eigenvalue weighted by atomic mass is 10.0. The van der Waals surface area contributed by atoms with Crippen molar-refractivity contribution in [3.05, 3.63) is 64.6 Å². The molecule has 30 heavy (non-hydrogen) atoms. The van der Waals surface area contributed by atoms with Gasteiger partial charge in [0.1, 0.15) is 16.0 Å². The molecule has 8 heteroatoms. The highest BCUT2D eigenvalue weighted by Gasteiger charge is 2.31. The first kappa shape index (κ1) is 22.1. The van der Waals surface area contributed by atoms with E-state index < -0.39 is 17.6 Å². The summed E-state index contributed by atoms with van der Waals surface area (Å²) in [5.41, 5.74) is 1.56. The van der Waals surface area contributed by atoms with Crippen molar-refractivity contribution < 1.29 is 23.5 Å². The summed E-state index contributed by atoms with van der Waals surface area (Å²) >= 11 is 6.51. The molecule has 0 atom stereocenters. The Labute approximate surface area is 182 Å². The van der Waals surface area contributed by atoms with E-state index in [-0.39, 0.29) is 17.9 Å². The van der Waals surface area contributed by atoms with Gasteiger partial charge in [-0.1, -0.05) is 48.6 Å². The van der Waals surface area contributed by atoms with Gasteiger partial charge in [-0.2, -0.15) is 0 Å². The maximum absolute atomic E-state index is 14.1. The third kappa shape index (κ3) is 5.52. The summed E-state index contributed by atoms with van der Waals surface area (Å²) in [5.74, 6) is -2.31. The van der Waals surface area contributed by atoms with Crippen LogP contribution in [0.2, 0.25) is 0 Å². The summed E-state index contributed by atoms with van der Waals surface area (Å²) in [6.07, 6.45) is 3.75. The normalized spacial score (nSPS) is 15.3. The number of carboxylic acid groups (broad SMARTS) is 1. The Morgan fingerprint density at radius 2 is 1.93 bits per heavy atom. The third-order valence-corrected chi connectivity index (χ3v) is 5.95. The van der Waals surface area contributed by atoms with Crippen LogP contribution >= 0.6 is 24.0 Å². The Kier molecular flexibility index (Phi) is 7.33. The van der Waals surface area contributed by atoms with Crippen molar-refractivity contribution in [2.75, 3.05) is 6.54 Å². The number of carbonyl (C=O) groups is 2. The lowest BCUT2D eigenvalue weighted by Crippen LogP contribution is -2.29. The molecule has 0 spiro atoms. The summed E-state index contributed by atoms with van der Waals surface area (Å²) in [5, 5.41) is 8.67. The van der Waals surface area contributed by atoms with Gasteiger partial charge in [0.15, 0.2) is 0 Å². The zero-order valence-corrected chi connectivity index (χ0v) is 17.6. The first-order chi connectivity index (χ1) is 14.3. The van der Waals surface area contributed by atoms with E-state index in [0.29, 0.717) is 46.2 Å². The fourth-order valence-electron chi connectivity index (χ4n) is 3.09. The number of hydrogen-bond donors (Lipinski definition) is 1. The Hall–Kier alpha value is -2.58. The standard InChI is InChI=1S/C22H19F2NO3S2/c23-16-8-9-17(18(24)13-16)15-6-4-5-14(11-15)12-19-21(28)25(22(29)30-19)10-3-1-2-7-20(26)27/h4-6,8-9,11-13H,1-3,7,10H2,(H,26,27). The number of nitrogens with zero attached hydrogens (tertiary/aromatic N) is 1. The van der Waals surface area contributed by atoms with Crippen molar-refractivity contribution in [3.63, 3.8) is 0 Å². The monoisotopic (exact) mass is 447 g/mol. The van der Waals surface area contributed by atoms with E-state index in [1.165, 1.54) is 28.8 Å². The van der Waals surface area contributed by atoms with Gasteiger partial charge in [0.05, 0.1) is 4.91 Å². The molecule has 1 aliphatic heterocycles. The highest BCUT2D eigenvalue weighted by atomic mass is 32.2. The number of thioether (sulfide) groups is 1. The van der Waals surface area contributed by atoms with Crippen LogP contribution in [0.5, 0.6) is 0 Å². The number of hydrogen-bond acceptors (Lipinski definition) is 4. The van der Waals surface area contributed by atoms with Crippen molar-refractivity contribution in [1.29, 1.82) is 0 Å². The predicted octanol–water partition coefficient (Wildman–Crippen LogP) is 5.48. The molecule has 2 aromatic rings. The molecule has 1 N–H and O–H groups in total. The minimum atomic E-state index is -0.828. The van der Waals surface area contributed by atoms with Gasteiger partial charge >= 0.3 is 5.97 Å². The van der Waals surface area contributed by atoms with Crippen molar-refractivity contribution in [1.82, 2.24) is 4.90 Å². The van der Waals surface area contributed by atoms with Gasteiger partial charge in [0.2, 0.25) is 0 Å². The van der Waals surface area contributed by atoms with Crippen molar-refractivity contribution in [2.45, 2.75) is 25.7 Å². The Bertz CT molecular complexity index is 1020. The molecule has 156 valence electrons. The van der Waals surface area contributed by atoms with Gasteiger partial charge in [-0.05, 0) is 48.2 Å². The Morgan fingerprint density at radius 3 is 2.67 bits per heavy atom. The van der Waals surface area contributed by atoms with Crippen LogP contribution in [0.1, 0.15) is 31.2 Å². The average Bonchev–Trinajstić information content (AvgIpc) is 2.95. The topological polar surface area (TPSA) is 57.6 Å². The molecule has 0 radical (unpaired) electrons. The molecule has 1 aliphatic rings. The van der Waals surface area contributed by atoms with Crippen LogP contribution in [0.3, 0.4) is 0 Å². The quantitative estimate of drug-likeness (QED) is 0.330. The molecule has 0 aliphatic carbocycles. The van der Waals surface area contributed by atoms with Crippen LogP contribution in [0.4, 0.5) is 8.78 Å². The van der Waals surface area contributed by atoms with E-state index in [4.69, 9.17) is 17.3 Å². The van der Waals surface area contributed by atoms with Gasteiger partial charge < -0.3 is 5.11 Å². The second-order valence-corrected chi connectivity index (χ2v) is 8.46. The number of thiocarbonyl (C=S) groups is 1. The third-order valence-electron chi connectivity index (χ3n) is 4.57. The first-order valence-electron chi connectivity index (χ1n) is 9.38. The second kappa shape index (κ2) is 9.95. The molecule has 0 aromatic heterocycles. The molecule has 1 fully saturated rings. The number of amides is 1. The maximum Gasteiger partial charge on any atom is 0.303 e. The highest BCUT2D eigenvalue weighted by molar-refractivity contribution is 8.26. The zero-order chi connectivity index (χ0) is 21.7. The lowest BCUT2D eigenvalue weighted by Gasteiger charge is -2.13. The van der Waals surface area contributed by atoms with Gasteiger partial charge in [-0.3, -0.25) is 14.5 Å². The summed E-state index contributed by atoms with van der Waals surface area (Å²) in [4.78, 5) is 25.2. The van der Waals surface area contributed by atoms with E-state index in [1.54, 1.807) is 30.3 Å². The molecule has 1 saturated heterocycles. The average molecular weight is 448 g/mol. The van der Waals surface area contributed by atoms with Crippen molar-refractivity contribution in [3.8, 4) is 11.1 Å². The van der Waals surface area contributed by atoms with Gasteiger partial charge in [0.25, 0.3) is 5.91 Å². The van der Waals surface area contributed by atoms with E-state index in [1.807, 2.05) is 0 Å². The number of carbonyl (C=O) groups excluding carboxylic acids is 1. The number of benzene rings is 2. The van der Waals surface area contributed by atoms with Crippen LogP contribution in [0.25, 0.3) is 17.2 Å². The fraction of sp³-hybridized carbons (Fsp3) is 0.227. The number of halogens is 2. The van der Waals surface area contributed by atoms with Crippen LogP contribution < -0.4 is 0 Å². The summed E-state index contributed by atoms with van der Waals surface area (Å²) < 4.78 is 27.7. The molecule has 4 nitrogen and oxygen atoms in total. The number of unbranched alkanes of at least 4 members (excludes halogenated alkanes) is 2. The number of rotatable bonds is 8. The van der Waals surface area contributed by atoms with Crippen molar-refractivity contribution in [2.24, 2.45) is 0 Å². The van der Waals surface area contributed by atoms with Crippen LogP contribution in [-0.2, 0) is 9.59 Å². The smallest absolute Gasteiger partial charge is 0.303 e. The van der Waals surface area contributed by atoms with Crippen LogP contribution in [0.15, 0.2) is 47.4 Å². The van der Waals surface area contributed by atoms with E-state index >= 15 is 0 Å². The second-order valence-electron chi connectivity index (χ2n) is 6.79. The minimum absolute atomic E-state index is 0.114.